The number of aryl methyl sites for hydroxylation is 1. The van der Waals surface area contributed by atoms with E-state index in [1.807, 2.05) is 11.8 Å². The van der Waals surface area contributed by atoms with Crippen molar-refractivity contribution in [1.29, 1.82) is 0 Å². The molecule has 3 heterocycles. The molecule has 11 heteroatoms. The minimum atomic E-state index is -4.55. The van der Waals surface area contributed by atoms with Gasteiger partial charge in [0.1, 0.15) is 11.9 Å². The highest BCUT2D eigenvalue weighted by Gasteiger charge is 2.45. The lowest BCUT2D eigenvalue weighted by molar-refractivity contribution is -0.141. The van der Waals surface area contributed by atoms with Gasteiger partial charge in [0.25, 0.3) is 0 Å². The lowest BCUT2D eigenvalue weighted by Gasteiger charge is -2.38. The molecule has 1 saturated carbocycles. The maximum absolute atomic E-state index is 13.2. The molecule has 2 aromatic rings. The van der Waals surface area contributed by atoms with Crippen molar-refractivity contribution >= 4 is 5.82 Å². The van der Waals surface area contributed by atoms with Gasteiger partial charge < -0.3 is 9.64 Å². The van der Waals surface area contributed by atoms with Crippen LogP contribution in [0.5, 0.6) is 5.88 Å². The quantitative estimate of drug-likeness (QED) is 0.539. The number of aromatic nitrogens is 3. The molecule has 0 radical (unpaired) electrons. The van der Waals surface area contributed by atoms with Gasteiger partial charge >= 0.3 is 12.4 Å². The number of rotatable bonds is 6. The number of fused-ring (bicyclic) bond motifs is 2. The molecule has 2 bridgehead atoms. The van der Waals surface area contributed by atoms with Crippen LogP contribution in [0.3, 0.4) is 0 Å². The van der Waals surface area contributed by atoms with Crippen LogP contribution in [0.2, 0.25) is 0 Å². The Hall–Kier alpha value is -2.46. The topological polar surface area (TPSA) is 43.2 Å². The van der Waals surface area contributed by atoms with Gasteiger partial charge in [-0.15, -0.1) is 0 Å². The van der Waals surface area contributed by atoms with Gasteiger partial charge in [-0.1, -0.05) is 13.3 Å². The van der Waals surface area contributed by atoms with E-state index in [0.717, 1.165) is 37.6 Å². The average Bonchev–Trinajstić information content (AvgIpc) is 3.23. The molecule has 0 N–H and O–H groups in total. The predicted octanol–water partition coefficient (Wildman–Crippen LogP) is 5.41. The van der Waals surface area contributed by atoms with E-state index in [4.69, 9.17) is 4.74 Å². The number of anilines is 1. The number of nitrogens with zero attached hydrogens (tertiary/aromatic N) is 4. The first kappa shape index (κ1) is 22.7. The number of hydrogen-bond acceptors (Lipinski definition) is 4. The fourth-order valence-corrected chi connectivity index (χ4v) is 4.53. The number of piperidine rings is 1. The van der Waals surface area contributed by atoms with Crippen LogP contribution in [0.4, 0.5) is 32.2 Å². The summed E-state index contributed by atoms with van der Waals surface area (Å²) < 4.78 is 85.3. The first-order chi connectivity index (χ1) is 15.1. The molecule has 0 unspecified atom stereocenters. The summed E-state index contributed by atoms with van der Waals surface area (Å²) in [4.78, 5) is 5.91. The van der Waals surface area contributed by atoms with Crippen LogP contribution < -0.4 is 9.64 Å². The molecule has 176 valence electrons. The summed E-state index contributed by atoms with van der Waals surface area (Å²) in [5, 5.41) is 3.70. The highest BCUT2D eigenvalue weighted by Crippen LogP contribution is 2.41. The molecule has 1 saturated heterocycles. The normalized spacial score (nSPS) is 23.6. The second-order valence-electron chi connectivity index (χ2n) is 8.43. The predicted molar refractivity (Wildman–Crippen MR) is 104 cm³/mol. The van der Waals surface area contributed by atoms with Gasteiger partial charge in [0.2, 0.25) is 5.88 Å². The molecule has 0 aromatic carbocycles. The zero-order valence-electron chi connectivity index (χ0n) is 17.5. The fourth-order valence-electron chi connectivity index (χ4n) is 4.53. The number of alkyl halides is 6. The molecule has 3 atom stereocenters. The van der Waals surface area contributed by atoms with E-state index < -0.39 is 23.6 Å². The zero-order chi connectivity index (χ0) is 23.1. The van der Waals surface area contributed by atoms with E-state index in [-0.39, 0.29) is 23.8 Å². The standard InChI is InChI=1S/C21H24F6N4O/c1-2-3-8-31-18(9-16(29-31)21(25,26)27)32-19-13-4-5-14(19)12-30(11-13)17-7-6-15(10-28-17)20(22,23)24/h6-7,9-10,13-14,19H,2-5,8,11-12H2,1H3/t13-,14+,19+. The van der Waals surface area contributed by atoms with Crippen molar-refractivity contribution in [3.63, 3.8) is 0 Å². The average molecular weight is 462 g/mol. The van der Waals surface area contributed by atoms with E-state index in [1.54, 1.807) is 0 Å². The Labute approximate surface area is 181 Å². The second-order valence-corrected chi connectivity index (χ2v) is 8.43. The molecule has 32 heavy (non-hydrogen) atoms. The molecule has 1 aliphatic heterocycles. The van der Waals surface area contributed by atoms with E-state index in [9.17, 15) is 26.3 Å². The maximum atomic E-state index is 13.2. The van der Waals surface area contributed by atoms with Gasteiger partial charge in [-0.3, -0.25) is 0 Å². The minimum Gasteiger partial charge on any atom is -0.474 e. The van der Waals surface area contributed by atoms with Gasteiger partial charge in [-0.25, -0.2) is 9.67 Å². The highest BCUT2D eigenvalue weighted by atomic mass is 19.4. The van der Waals surface area contributed by atoms with Crippen molar-refractivity contribution in [2.24, 2.45) is 11.8 Å². The first-order valence-electron chi connectivity index (χ1n) is 10.7. The molecular weight excluding hydrogens is 438 g/mol. The third kappa shape index (κ3) is 4.66. The van der Waals surface area contributed by atoms with E-state index in [0.29, 0.717) is 31.9 Å². The second kappa shape index (κ2) is 8.47. The summed E-state index contributed by atoms with van der Waals surface area (Å²) in [7, 11) is 0. The first-order valence-corrected chi connectivity index (χ1v) is 10.7. The van der Waals surface area contributed by atoms with E-state index in [2.05, 4.69) is 10.1 Å². The van der Waals surface area contributed by atoms with Crippen LogP contribution in [-0.4, -0.2) is 34.0 Å². The van der Waals surface area contributed by atoms with Crippen molar-refractivity contribution < 1.29 is 31.1 Å². The summed E-state index contributed by atoms with van der Waals surface area (Å²) in [6.45, 7) is 3.33. The Morgan fingerprint density at radius 3 is 2.25 bits per heavy atom. The molecule has 0 spiro atoms. The molecule has 2 aromatic heterocycles. The van der Waals surface area contributed by atoms with Gasteiger partial charge in [-0.2, -0.15) is 31.4 Å². The SMILES string of the molecule is CCCCn1nc(C(F)(F)F)cc1O[C@H]1[C@@H]2CC[C@H]1CN(c1ccc(C(F)(F)F)cn1)C2. The monoisotopic (exact) mass is 462 g/mol. The maximum Gasteiger partial charge on any atom is 0.435 e. The summed E-state index contributed by atoms with van der Waals surface area (Å²) in [5.74, 6) is 0.665. The van der Waals surface area contributed by atoms with Gasteiger partial charge in [0.05, 0.1) is 5.56 Å². The van der Waals surface area contributed by atoms with Crippen LogP contribution in [0, 0.1) is 11.8 Å². The van der Waals surface area contributed by atoms with E-state index in [1.165, 1.54) is 10.7 Å². The third-order valence-electron chi connectivity index (χ3n) is 6.16. The zero-order valence-corrected chi connectivity index (χ0v) is 17.5. The highest BCUT2D eigenvalue weighted by molar-refractivity contribution is 5.41. The Morgan fingerprint density at radius 2 is 1.72 bits per heavy atom. The number of hydrogen-bond donors (Lipinski definition) is 0. The van der Waals surface area contributed by atoms with Crippen LogP contribution in [0.1, 0.15) is 43.9 Å². The van der Waals surface area contributed by atoms with Crippen LogP contribution in [0.25, 0.3) is 0 Å². The number of ether oxygens (including phenoxy) is 1. The van der Waals surface area contributed by atoms with Crippen LogP contribution in [-0.2, 0) is 18.9 Å². The summed E-state index contributed by atoms with van der Waals surface area (Å²) >= 11 is 0. The number of halogens is 6. The largest absolute Gasteiger partial charge is 0.474 e. The van der Waals surface area contributed by atoms with Crippen molar-refractivity contribution in [3.8, 4) is 5.88 Å². The molecule has 0 amide bonds. The Bertz CT molecular complexity index is 910. The summed E-state index contributed by atoms with van der Waals surface area (Å²) in [6, 6.07) is 3.33. The Kier molecular flexibility index (Phi) is 6.02. The number of unbranched alkanes of at least 4 members (excludes halogenated alkanes) is 1. The van der Waals surface area contributed by atoms with Crippen LogP contribution in [0.15, 0.2) is 24.4 Å². The number of pyridine rings is 1. The van der Waals surface area contributed by atoms with Crippen molar-refractivity contribution in [3.05, 3.63) is 35.7 Å². The van der Waals surface area contributed by atoms with Gasteiger partial charge in [0.15, 0.2) is 5.69 Å². The van der Waals surface area contributed by atoms with Gasteiger partial charge in [0, 0.05) is 43.7 Å². The Balaban J connectivity index is 1.48. The summed E-state index contributed by atoms with van der Waals surface area (Å²) in [6.07, 6.45) is -5.27. The van der Waals surface area contributed by atoms with Gasteiger partial charge in [-0.05, 0) is 31.4 Å². The Morgan fingerprint density at radius 1 is 1.03 bits per heavy atom. The molecule has 2 aliphatic rings. The lowest BCUT2D eigenvalue weighted by Crippen LogP contribution is -2.47. The molecular formula is C21H24F6N4O. The van der Waals surface area contributed by atoms with Crippen molar-refractivity contribution in [2.45, 2.75) is 57.6 Å². The van der Waals surface area contributed by atoms with Crippen LogP contribution >= 0.6 is 0 Å². The minimum absolute atomic E-state index is 0.0432. The molecule has 4 rings (SSSR count). The third-order valence-corrected chi connectivity index (χ3v) is 6.16. The fraction of sp³-hybridized carbons (Fsp3) is 0.619. The smallest absolute Gasteiger partial charge is 0.435 e. The van der Waals surface area contributed by atoms with Crippen molar-refractivity contribution in [2.75, 3.05) is 18.0 Å². The lowest BCUT2D eigenvalue weighted by atomic mass is 9.94. The van der Waals surface area contributed by atoms with Crippen molar-refractivity contribution in [1.82, 2.24) is 14.8 Å². The molecule has 2 fully saturated rings. The molecule has 1 aliphatic carbocycles. The molecule has 5 nitrogen and oxygen atoms in total. The van der Waals surface area contributed by atoms with E-state index >= 15 is 0 Å². The summed E-state index contributed by atoms with van der Waals surface area (Å²) in [5.41, 5.74) is -1.77.